The van der Waals surface area contributed by atoms with Gasteiger partial charge in [-0.15, -0.1) is 0 Å². The lowest BCUT2D eigenvalue weighted by atomic mass is 10.0. The van der Waals surface area contributed by atoms with E-state index in [-0.39, 0.29) is 16.5 Å². The van der Waals surface area contributed by atoms with Gasteiger partial charge in [0.1, 0.15) is 17.2 Å². The van der Waals surface area contributed by atoms with Crippen molar-refractivity contribution in [2.45, 2.75) is 37.6 Å². The molecule has 4 rings (SSSR count). The van der Waals surface area contributed by atoms with Gasteiger partial charge in [-0.05, 0) is 54.8 Å². The average molecular weight is 511 g/mol. The summed E-state index contributed by atoms with van der Waals surface area (Å²) in [7, 11) is -2.17. The first-order valence-corrected chi connectivity index (χ1v) is 13.4. The number of benzene rings is 2. The zero-order chi connectivity index (χ0) is 25.2. The zero-order valence-corrected chi connectivity index (χ0v) is 21.4. The summed E-state index contributed by atoms with van der Waals surface area (Å²) >= 11 is 6.42. The van der Waals surface area contributed by atoms with Crippen LogP contribution in [0.2, 0.25) is 5.02 Å². The van der Waals surface area contributed by atoms with Crippen LogP contribution in [0.5, 0.6) is 5.75 Å². The molecule has 182 valence electrons. The Morgan fingerprint density at radius 1 is 1.09 bits per heavy atom. The number of ether oxygens (including phenoxy) is 1. The lowest BCUT2D eigenvalue weighted by Crippen LogP contribution is -2.18. The topological polar surface area (TPSA) is 78.3 Å². The molecular weight excluding hydrogens is 484 g/mol. The van der Waals surface area contributed by atoms with Crippen LogP contribution >= 0.6 is 11.6 Å². The Balaban J connectivity index is 1.67. The number of hydrogen-bond acceptors (Lipinski definition) is 5. The maximum absolute atomic E-state index is 12.9. The molecule has 2 aromatic heterocycles. The van der Waals surface area contributed by atoms with Crippen LogP contribution < -0.4 is 4.74 Å². The normalized spacial score (nSPS) is 12.6. The number of fused-ring (bicyclic) bond motifs is 1. The average Bonchev–Trinajstić information content (AvgIpc) is 3.20. The van der Waals surface area contributed by atoms with Crippen molar-refractivity contribution in [1.82, 2.24) is 9.55 Å². The third-order valence-electron chi connectivity index (χ3n) is 6.16. The highest BCUT2D eigenvalue weighted by atomic mass is 35.5. The van der Waals surface area contributed by atoms with Crippen molar-refractivity contribution in [3.63, 3.8) is 0 Å². The quantitative estimate of drug-likeness (QED) is 0.261. The monoisotopic (exact) mass is 510 g/mol. The Bertz CT molecular complexity index is 1480. The van der Waals surface area contributed by atoms with E-state index in [0.29, 0.717) is 23.0 Å². The van der Waals surface area contributed by atoms with Crippen LogP contribution in [-0.2, 0) is 16.4 Å². The van der Waals surface area contributed by atoms with Crippen LogP contribution in [0.4, 0.5) is 0 Å². The van der Waals surface area contributed by atoms with Gasteiger partial charge in [0.25, 0.3) is 0 Å². The lowest BCUT2D eigenvalue weighted by molar-refractivity contribution is 0.101. The number of methoxy groups -OCH3 is 1. The Morgan fingerprint density at radius 2 is 1.83 bits per heavy atom. The van der Waals surface area contributed by atoms with Gasteiger partial charge in [-0.25, -0.2) is 13.4 Å². The molecule has 8 heteroatoms. The lowest BCUT2D eigenvalue weighted by Gasteiger charge is -2.15. The molecule has 0 saturated heterocycles. The number of rotatable bonds is 9. The first-order chi connectivity index (χ1) is 16.7. The van der Waals surface area contributed by atoms with Crippen LogP contribution in [0.15, 0.2) is 71.6 Å². The van der Waals surface area contributed by atoms with Crippen molar-refractivity contribution in [3.05, 3.63) is 88.8 Å². The minimum atomic E-state index is -3.75. The number of carbonyl (C=O) groups excluding carboxylic acids is 1. The Hall–Kier alpha value is -3.16. The second-order valence-electron chi connectivity index (χ2n) is 8.52. The van der Waals surface area contributed by atoms with Gasteiger partial charge in [-0.1, -0.05) is 49.7 Å². The van der Waals surface area contributed by atoms with Crippen molar-refractivity contribution >= 4 is 38.1 Å². The third-order valence-corrected chi connectivity index (χ3v) is 8.09. The smallest absolute Gasteiger partial charge is 0.196 e. The number of halogens is 1. The number of carbonyl (C=O) groups is 1. The molecule has 0 aliphatic heterocycles. The highest BCUT2D eigenvalue weighted by Gasteiger charge is 2.22. The van der Waals surface area contributed by atoms with E-state index >= 15 is 0 Å². The largest absolute Gasteiger partial charge is 0.495 e. The van der Waals surface area contributed by atoms with E-state index in [1.54, 1.807) is 37.4 Å². The van der Waals surface area contributed by atoms with E-state index in [1.807, 2.05) is 18.2 Å². The fourth-order valence-electron chi connectivity index (χ4n) is 4.08. The summed E-state index contributed by atoms with van der Waals surface area (Å²) < 4.78 is 32.9. The third kappa shape index (κ3) is 5.26. The van der Waals surface area contributed by atoms with Gasteiger partial charge in [0, 0.05) is 11.1 Å². The minimum Gasteiger partial charge on any atom is -0.495 e. The molecule has 0 N–H and O–H groups in total. The molecular formula is C27H27ClN2O4S. The van der Waals surface area contributed by atoms with Gasteiger partial charge in [0.05, 0.1) is 34.8 Å². The first kappa shape index (κ1) is 24.9. The minimum absolute atomic E-state index is 0.119. The number of pyridine rings is 1. The van der Waals surface area contributed by atoms with Gasteiger partial charge in [-0.2, -0.15) is 0 Å². The van der Waals surface area contributed by atoms with E-state index in [0.717, 1.165) is 23.0 Å². The van der Waals surface area contributed by atoms with Crippen LogP contribution in [0.1, 0.15) is 48.1 Å². The summed E-state index contributed by atoms with van der Waals surface area (Å²) in [4.78, 5) is 17.5. The SMILES string of the molecule is CCC(C)c1cc2cc(OC)c(Cl)cc2n1Cc1cccc(C(=O)CS(=O)(=O)c2ccccc2)n1. The van der Waals surface area contributed by atoms with E-state index in [9.17, 15) is 13.2 Å². The molecule has 0 amide bonds. The maximum Gasteiger partial charge on any atom is 0.196 e. The van der Waals surface area contributed by atoms with Crippen LogP contribution in [-0.4, -0.2) is 36.6 Å². The van der Waals surface area contributed by atoms with Gasteiger partial charge in [0.15, 0.2) is 15.6 Å². The second kappa shape index (κ2) is 10.2. The predicted octanol–water partition coefficient (Wildman–Crippen LogP) is 5.92. The fourth-order valence-corrected chi connectivity index (χ4v) is 5.54. The second-order valence-corrected chi connectivity index (χ2v) is 10.9. The molecule has 2 heterocycles. The van der Waals surface area contributed by atoms with Crippen molar-refractivity contribution in [2.24, 2.45) is 0 Å². The molecule has 0 radical (unpaired) electrons. The molecule has 1 atom stereocenters. The summed E-state index contributed by atoms with van der Waals surface area (Å²) in [6.07, 6.45) is 0.949. The number of ketones is 1. The van der Waals surface area contributed by atoms with Crippen molar-refractivity contribution < 1.29 is 17.9 Å². The maximum atomic E-state index is 12.9. The molecule has 6 nitrogen and oxygen atoms in total. The van der Waals surface area contributed by atoms with E-state index in [2.05, 4.69) is 29.5 Å². The molecule has 35 heavy (non-hydrogen) atoms. The highest BCUT2D eigenvalue weighted by Crippen LogP contribution is 2.34. The first-order valence-electron chi connectivity index (χ1n) is 11.4. The van der Waals surface area contributed by atoms with E-state index in [4.69, 9.17) is 16.3 Å². The Labute approximate surface area is 210 Å². The number of sulfone groups is 1. The summed E-state index contributed by atoms with van der Waals surface area (Å²) in [6.45, 7) is 4.70. The van der Waals surface area contributed by atoms with Crippen LogP contribution in [0.25, 0.3) is 10.9 Å². The van der Waals surface area contributed by atoms with Crippen molar-refractivity contribution in [2.75, 3.05) is 12.9 Å². The van der Waals surface area contributed by atoms with Crippen LogP contribution in [0, 0.1) is 0 Å². The Kier molecular flexibility index (Phi) is 7.28. The highest BCUT2D eigenvalue weighted by molar-refractivity contribution is 7.92. The molecule has 0 fully saturated rings. The molecule has 4 aromatic rings. The molecule has 0 aliphatic rings. The van der Waals surface area contributed by atoms with E-state index < -0.39 is 21.4 Å². The number of nitrogens with zero attached hydrogens (tertiary/aromatic N) is 2. The summed E-state index contributed by atoms with van der Waals surface area (Å²) in [5, 5.41) is 1.51. The summed E-state index contributed by atoms with van der Waals surface area (Å²) in [6, 6.07) is 19.0. The molecule has 0 spiro atoms. The summed E-state index contributed by atoms with van der Waals surface area (Å²) in [5.41, 5.74) is 2.85. The molecule has 0 saturated carbocycles. The van der Waals surface area contributed by atoms with Crippen molar-refractivity contribution in [1.29, 1.82) is 0 Å². The molecule has 0 bridgehead atoms. The van der Waals surface area contributed by atoms with E-state index in [1.165, 1.54) is 12.1 Å². The summed E-state index contributed by atoms with van der Waals surface area (Å²) in [5.74, 6) is -0.277. The van der Waals surface area contributed by atoms with Gasteiger partial charge in [-0.3, -0.25) is 4.79 Å². The molecule has 2 aromatic carbocycles. The standard InChI is InChI=1S/C27H27ClN2O4S/c1-4-18(2)24-13-19-14-27(34-3)22(28)15-25(19)30(24)16-20-9-8-12-23(29-20)26(31)17-35(32,33)21-10-6-5-7-11-21/h5-15,18H,4,16-17H2,1-3H3. The Morgan fingerprint density at radius 3 is 2.51 bits per heavy atom. The number of hydrogen-bond donors (Lipinski definition) is 0. The van der Waals surface area contributed by atoms with Crippen molar-refractivity contribution in [3.8, 4) is 5.75 Å². The predicted molar refractivity (Wildman–Crippen MR) is 138 cm³/mol. The number of Topliss-reactive ketones (excluding diaryl/α,β-unsaturated/α-hetero) is 1. The van der Waals surface area contributed by atoms with Gasteiger partial charge < -0.3 is 9.30 Å². The number of aromatic nitrogens is 2. The molecule has 0 aliphatic carbocycles. The van der Waals surface area contributed by atoms with Gasteiger partial charge in [0.2, 0.25) is 0 Å². The molecule has 1 unspecified atom stereocenters. The van der Waals surface area contributed by atoms with Crippen LogP contribution in [0.3, 0.4) is 0 Å². The zero-order valence-electron chi connectivity index (χ0n) is 19.9. The van der Waals surface area contributed by atoms with Gasteiger partial charge >= 0.3 is 0 Å². The fraction of sp³-hybridized carbons (Fsp3) is 0.259.